The van der Waals surface area contributed by atoms with Gasteiger partial charge in [0.15, 0.2) is 0 Å². The van der Waals surface area contributed by atoms with Gasteiger partial charge >= 0.3 is 0 Å². The molecule has 6 aromatic rings. The van der Waals surface area contributed by atoms with Crippen molar-refractivity contribution in [3.63, 3.8) is 0 Å². The minimum absolute atomic E-state index is 0.750. The number of nitrogens with two attached hydrogens (primary N) is 1. The lowest BCUT2D eigenvalue weighted by Gasteiger charge is -2.16. The number of para-hydroxylation sites is 2. The van der Waals surface area contributed by atoms with Crippen LogP contribution in [0.2, 0.25) is 0 Å². The van der Waals surface area contributed by atoms with Crippen LogP contribution in [0.3, 0.4) is 0 Å². The van der Waals surface area contributed by atoms with Gasteiger partial charge in [-0.15, -0.1) is 0 Å². The van der Waals surface area contributed by atoms with Crippen LogP contribution in [0.25, 0.3) is 45.4 Å². The van der Waals surface area contributed by atoms with Crippen molar-refractivity contribution in [2.75, 3.05) is 72.1 Å². The monoisotopic (exact) mass is 858 g/mol. The predicted octanol–water partition coefficient (Wildman–Crippen LogP) is 10.3. The molecule has 0 radical (unpaired) electrons. The Balaban J connectivity index is 0.000000234. The van der Waals surface area contributed by atoms with Crippen LogP contribution in [0.4, 0.5) is 17.3 Å². The SMILES string of the molecule is C=C(CN(C)C)Nc1cccc(-c2cn(-c3ccccc3)c3c2C(=C)NC=N3)c1.C=CN=CNc1c(C)c(-c2cccc(C=C)c2)cn1-c1ccccc1.CCN.CNCCN(C)C. The molecule has 0 fully saturated rings. The van der Waals surface area contributed by atoms with Crippen molar-refractivity contribution >= 4 is 41.8 Å². The highest BCUT2D eigenvalue weighted by Gasteiger charge is 2.22. The molecule has 0 unspecified atom stereocenters. The van der Waals surface area contributed by atoms with Gasteiger partial charge in [0, 0.05) is 77.8 Å². The Bertz CT molecular complexity index is 2470. The van der Waals surface area contributed by atoms with Crippen LogP contribution >= 0.6 is 0 Å². The van der Waals surface area contributed by atoms with Gasteiger partial charge in [-0.3, -0.25) is 0 Å². The molecule has 1 aliphatic rings. The maximum absolute atomic E-state index is 4.85. The summed E-state index contributed by atoms with van der Waals surface area (Å²) < 4.78 is 4.25. The molecular formula is C53H67N11. The van der Waals surface area contributed by atoms with E-state index < -0.39 is 0 Å². The fourth-order valence-corrected chi connectivity index (χ4v) is 6.74. The highest BCUT2D eigenvalue weighted by atomic mass is 15.1. The lowest BCUT2D eigenvalue weighted by molar-refractivity contribution is 0.407. The zero-order valence-corrected chi connectivity index (χ0v) is 38.8. The van der Waals surface area contributed by atoms with Gasteiger partial charge in [-0.2, -0.15) is 0 Å². The topological polar surface area (TPSA) is 115 Å². The van der Waals surface area contributed by atoms with Crippen LogP contribution in [0.1, 0.15) is 23.6 Å². The molecule has 0 spiro atoms. The zero-order chi connectivity index (χ0) is 46.4. The number of hydrogen-bond donors (Lipinski definition) is 5. The van der Waals surface area contributed by atoms with Crippen molar-refractivity contribution in [3.05, 3.63) is 176 Å². The lowest BCUT2D eigenvalue weighted by atomic mass is 10.0. The van der Waals surface area contributed by atoms with Crippen molar-refractivity contribution in [2.45, 2.75) is 13.8 Å². The molecular weight excluding hydrogens is 791 g/mol. The molecule has 0 aliphatic carbocycles. The number of likely N-dealkylation sites (N-methyl/N-ethyl adjacent to an activating group) is 3. The maximum atomic E-state index is 4.85. The Morgan fingerprint density at radius 3 is 2.02 bits per heavy atom. The summed E-state index contributed by atoms with van der Waals surface area (Å²) in [5, 5.41) is 12.9. The number of nitrogens with zero attached hydrogens (tertiary/aromatic N) is 6. The first-order valence-corrected chi connectivity index (χ1v) is 21.3. The summed E-state index contributed by atoms with van der Waals surface area (Å²) in [7, 11) is 10.2. The van der Waals surface area contributed by atoms with Gasteiger partial charge in [0.25, 0.3) is 0 Å². The molecule has 0 saturated heterocycles. The molecule has 6 N–H and O–H groups in total. The Morgan fingerprint density at radius 1 is 0.828 bits per heavy atom. The van der Waals surface area contributed by atoms with Gasteiger partial charge in [-0.25, -0.2) is 9.98 Å². The van der Waals surface area contributed by atoms with Gasteiger partial charge in [-0.05, 0) is 113 Å². The van der Waals surface area contributed by atoms with E-state index in [0.29, 0.717) is 0 Å². The first kappa shape index (κ1) is 49.6. The quantitative estimate of drug-likeness (QED) is 0.0516. The number of rotatable bonds is 15. The highest BCUT2D eigenvalue weighted by molar-refractivity contribution is 5.94. The summed E-state index contributed by atoms with van der Waals surface area (Å²) in [4.78, 5) is 12.9. The zero-order valence-electron chi connectivity index (χ0n) is 38.8. The van der Waals surface area contributed by atoms with Crippen molar-refractivity contribution in [1.29, 1.82) is 0 Å². The third-order valence-electron chi connectivity index (χ3n) is 9.66. The number of aliphatic imine (C=N–C) groups is 2. The second-order valence-electron chi connectivity index (χ2n) is 15.3. The van der Waals surface area contributed by atoms with Crippen molar-refractivity contribution in [3.8, 4) is 33.6 Å². The van der Waals surface area contributed by atoms with Gasteiger partial charge < -0.3 is 45.9 Å². The lowest BCUT2D eigenvalue weighted by Crippen LogP contribution is -2.23. The smallest absolute Gasteiger partial charge is 0.148 e. The van der Waals surface area contributed by atoms with Crippen LogP contribution in [0.15, 0.2) is 170 Å². The minimum Gasteiger partial charge on any atom is -0.358 e. The fraction of sp³-hybridized carbons (Fsp3) is 0.208. The summed E-state index contributed by atoms with van der Waals surface area (Å²) in [6, 6.07) is 37.2. The van der Waals surface area contributed by atoms with Gasteiger partial charge in [0.05, 0.1) is 18.2 Å². The molecule has 3 heterocycles. The molecule has 11 nitrogen and oxygen atoms in total. The van der Waals surface area contributed by atoms with E-state index in [2.05, 4.69) is 183 Å². The molecule has 1 aliphatic heterocycles. The molecule has 7 rings (SSSR count). The maximum Gasteiger partial charge on any atom is 0.148 e. The van der Waals surface area contributed by atoms with E-state index in [9.17, 15) is 0 Å². The Hall–Kier alpha value is -7.02. The Morgan fingerprint density at radius 2 is 1.44 bits per heavy atom. The van der Waals surface area contributed by atoms with Crippen molar-refractivity contribution in [2.24, 2.45) is 15.7 Å². The van der Waals surface area contributed by atoms with Crippen molar-refractivity contribution in [1.82, 2.24) is 29.6 Å². The van der Waals surface area contributed by atoms with Crippen LogP contribution in [0, 0.1) is 6.92 Å². The summed E-state index contributed by atoms with van der Waals surface area (Å²) in [6.07, 6.45) is 11.0. The van der Waals surface area contributed by atoms with Gasteiger partial charge in [0.1, 0.15) is 11.6 Å². The van der Waals surface area contributed by atoms with Crippen LogP contribution in [-0.4, -0.2) is 93.0 Å². The molecule has 0 saturated carbocycles. The van der Waals surface area contributed by atoms with E-state index >= 15 is 0 Å². The van der Waals surface area contributed by atoms with E-state index in [0.717, 1.165) is 99.7 Å². The predicted molar refractivity (Wildman–Crippen MR) is 278 cm³/mol. The summed E-state index contributed by atoms with van der Waals surface area (Å²) in [5.74, 6) is 1.86. The normalized spacial score (nSPS) is 11.3. The number of fused-ring (bicyclic) bond motifs is 1. The highest BCUT2D eigenvalue weighted by Crippen LogP contribution is 2.40. The molecule has 11 heteroatoms. The van der Waals surface area contributed by atoms with Crippen molar-refractivity contribution < 1.29 is 0 Å². The average molecular weight is 858 g/mol. The van der Waals surface area contributed by atoms with Crippen LogP contribution < -0.4 is 27.0 Å². The molecule has 64 heavy (non-hydrogen) atoms. The summed E-state index contributed by atoms with van der Waals surface area (Å²) in [5.41, 5.74) is 17.6. The standard InChI is InChI=1S/C24H25N5.C22H21N3.C5H14N2.C2H7N/c1-17(14-28(3)4)27-20-10-8-9-19(13-20)22-15-29(21-11-6-5-7-12-21)24-23(22)18(2)25-16-26-24;1-4-18-10-9-11-19(14-18)21-15-25(20-12-7-6-8-13-20)22(17(21)3)24-16-23-5-2;1-6-4-5-7(2)3;1-2-3/h5-13,15-16,27H,1-2,14H2,3-4H3,(H,25,26);4-16H,1-2H2,3H3,(H,23,24);6H,4-5H2,1-3H3;2-3H2,1H3. The number of hydrogen-bond acceptors (Lipinski definition) is 8. The molecule has 0 atom stereocenters. The van der Waals surface area contributed by atoms with E-state index in [-0.39, 0.29) is 0 Å². The van der Waals surface area contributed by atoms with Gasteiger partial charge in [0.2, 0.25) is 0 Å². The minimum atomic E-state index is 0.750. The van der Waals surface area contributed by atoms with E-state index in [1.54, 1.807) is 12.7 Å². The van der Waals surface area contributed by atoms with Crippen LogP contribution in [0.5, 0.6) is 0 Å². The van der Waals surface area contributed by atoms with E-state index in [4.69, 9.17) is 5.73 Å². The molecule has 2 aromatic heterocycles. The molecule has 4 aromatic carbocycles. The second-order valence-corrected chi connectivity index (χ2v) is 15.3. The summed E-state index contributed by atoms with van der Waals surface area (Å²) >= 11 is 0. The molecule has 0 amide bonds. The molecule has 0 bridgehead atoms. The average Bonchev–Trinajstić information content (AvgIpc) is 3.85. The molecule has 334 valence electrons. The number of benzene rings is 4. The number of anilines is 2. The first-order valence-electron chi connectivity index (χ1n) is 21.3. The van der Waals surface area contributed by atoms with Gasteiger partial charge in [-0.1, -0.05) is 106 Å². The fourth-order valence-electron chi connectivity index (χ4n) is 6.74. The summed E-state index contributed by atoms with van der Waals surface area (Å²) in [6.45, 7) is 23.5. The Labute approximate surface area is 381 Å². The third-order valence-corrected chi connectivity index (χ3v) is 9.66. The van der Waals surface area contributed by atoms with Crippen LogP contribution in [-0.2, 0) is 0 Å². The first-order chi connectivity index (χ1) is 30.9. The third kappa shape index (κ3) is 14.3. The van der Waals surface area contributed by atoms with E-state index in [1.165, 1.54) is 11.8 Å². The number of aromatic nitrogens is 2. The second kappa shape index (κ2) is 25.8. The number of nitrogens with one attached hydrogen (secondary N) is 4. The largest absolute Gasteiger partial charge is 0.358 e. The van der Waals surface area contributed by atoms with E-state index in [1.807, 2.05) is 70.5 Å². The Kier molecular flexibility index (Phi) is 20.0.